The van der Waals surface area contributed by atoms with Crippen LogP contribution in [-0.2, 0) is 16.0 Å². The molecule has 1 aromatic heterocycles. The van der Waals surface area contributed by atoms with Gasteiger partial charge < -0.3 is 20.5 Å². The van der Waals surface area contributed by atoms with Crippen LogP contribution in [0.3, 0.4) is 0 Å². The Hall–Kier alpha value is -3.03. The van der Waals surface area contributed by atoms with Crippen LogP contribution in [0.2, 0.25) is 0 Å². The maximum Gasteiger partial charge on any atom is 0.353 e. The molecule has 170 valence electrons. The molecule has 1 amide bonds. The first kappa shape index (κ1) is 25.2. The van der Waals surface area contributed by atoms with Crippen LogP contribution in [0.1, 0.15) is 34.0 Å². The van der Waals surface area contributed by atoms with Crippen molar-refractivity contribution in [1.82, 2.24) is 4.90 Å². The Kier molecular flexibility index (Phi) is 8.30. The molecule has 1 atom stereocenters. The van der Waals surface area contributed by atoms with Crippen LogP contribution < -0.4 is 15.8 Å². The van der Waals surface area contributed by atoms with E-state index in [9.17, 15) is 14.4 Å². The molecule has 0 saturated carbocycles. The highest BCUT2D eigenvalue weighted by Gasteiger charge is 2.33. The van der Waals surface area contributed by atoms with E-state index in [-0.39, 0.29) is 18.3 Å². The van der Waals surface area contributed by atoms with Crippen LogP contribution in [0.5, 0.6) is 5.75 Å². The number of esters is 1. The molecule has 1 heterocycles. The number of rotatable bonds is 10. The van der Waals surface area contributed by atoms with Crippen LogP contribution in [0.15, 0.2) is 43.0 Å². The highest BCUT2D eigenvalue weighted by Crippen LogP contribution is 2.29. The SMILES string of the molecule is C=CCN(CC(=O)O)C(=O)C(C)(C)Cc1ccc(C(=O)Oc2ccc(C(=N)N)cc2P)s1. The highest BCUT2D eigenvalue weighted by atomic mass is 32.1. The number of amidine groups is 1. The molecule has 32 heavy (non-hydrogen) atoms. The first-order valence-corrected chi connectivity index (χ1v) is 11.0. The summed E-state index contributed by atoms with van der Waals surface area (Å²) in [5.41, 5.74) is 5.11. The number of carboxylic acid groups (broad SMARTS) is 1. The Labute approximate surface area is 192 Å². The monoisotopic (exact) mass is 475 g/mol. The zero-order valence-corrected chi connectivity index (χ0v) is 19.9. The summed E-state index contributed by atoms with van der Waals surface area (Å²) in [4.78, 5) is 39.0. The molecule has 8 nitrogen and oxygen atoms in total. The molecule has 2 rings (SSSR count). The Balaban J connectivity index is 2.11. The van der Waals surface area contributed by atoms with Gasteiger partial charge in [0, 0.05) is 27.7 Å². The summed E-state index contributed by atoms with van der Waals surface area (Å²) in [6.45, 7) is 6.78. The van der Waals surface area contributed by atoms with Crippen molar-refractivity contribution in [2.45, 2.75) is 20.3 Å². The molecular weight excluding hydrogens is 449 g/mol. The summed E-state index contributed by atoms with van der Waals surface area (Å²) in [5.74, 6) is -1.69. The van der Waals surface area contributed by atoms with Crippen molar-refractivity contribution in [3.05, 3.63) is 58.3 Å². The molecule has 0 aliphatic carbocycles. The number of amides is 1. The van der Waals surface area contributed by atoms with Gasteiger partial charge in [0.2, 0.25) is 5.91 Å². The summed E-state index contributed by atoms with van der Waals surface area (Å²) in [7, 11) is 2.45. The van der Waals surface area contributed by atoms with E-state index in [1.54, 1.807) is 44.2 Å². The Bertz CT molecular complexity index is 1060. The van der Waals surface area contributed by atoms with Gasteiger partial charge in [-0.05, 0) is 36.8 Å². The topological polar surface area (TPSA) is 134 Å². The lowest BCUT2D eigenvalue weighted by molar-refractivity contribution is -0.148. The van der Waals surface area contributed by atoms with Gasteiger partial charge in [-0.2, -0.15) is 0 Å². The Morgan fingerprint density at radius 2 is 2.00 bits per heavy atom. The van der Waals surface area contributed by atoms with Gasteiger partial charge in [-0.1, -0.05) is 19.9 Å². The van der Waals surface area contributed by atoms with E-state index in [0.29, 0.717) is 27.9 Å². The first-order valence-electron chi connectivity index (χ1n) is 9.61. The number of hydrogen-bond donors (Lipinski definition) is 3. The molecule has 0 saturated heterocycles. The van der Waals surface area contributed by atoms with Crippen molar-refractivity contribution in [3.8, 4) is 5.75 Å². The van der Waals surface area contributed by atoms with Crippen LogP contribution in [0.25, 0.3) is 0 Å². The number of carbonyl (C=O) groups is 3. The number of hydrogen-bond acceptors (Lipinski definition) is 6. The number of nitrogens with two attached hydrogens (primary N) is 1. The van der Waals surface area contributed by atoms with E-state index < -0.39 is 23.9 Å². The third-order valence-corrected chi connectivity index (χ3v) is 6.06. The number of ether oxygens (including phenoxy) is 1. The summed E-state index contributed by atoms with van der Waals surface area (Å²) in [5, 5.41) is 17.1. The maximum absolute atomic E-state index is 12.9. The minimum Gasteiger partial charge on any atom is -0.480 e. The smallest absolute Gasteiger partial charge is 0.353 e. The van der Waals surface area contributed by atoms with Gasteiger partial charge in [0.1, 0.15) is 23.0 Å². The van der Waals surface area contributed by atoms with Crippen molar-refractivity contribution in [3.63, 3.8) is 0 Å². The van der Waals surface area contributed by atoms with Gasteiger partial charge in [-0.15, -0.1) is 27.2 Å². The van der Waals surface area contributed by atoms with E-state index in [1.807, 2.05) is 0 Å². The fourth-order valence-corrected chi connectivity index (χ4v) is 4.47. The number of nitrogens with zero attached hydrogens (tertiary/aromatic N) is 1. The minimum absolute atomic E-state index is 0.0818. The average Bonchev–Trinajstić information content (AvgIpc) is 3.16. The maximum atomic E-state index is 12.9. The number of carbonyl (C=O) groups excluding carboxylic acids is 2. The number of nitrogens with one attached hydrogen (secondary N) is 1. The van der Waals surface area contributed by atoms with Gasteiger partial charge in [-0.3, -0.25) is 15.0 Å². The molecule has 0 aliphatic rings. The summed E-state index contributed by atoms with van der Waals surface area (Å²) < 4.78 is 5.46. The quantitative estimate of drug-likeness (QED) is 0.121. The van der Waals surface area contributed by atoms with Crippen molar-refractivity contribution in [2.75, 3.05) is 13.1 Å². The predicted molar refractivity (Wildman–Crippen MR) is 128 cm³/mol. The minimum atomic E-state index is -1.10. The Morgan fingerprint density at radius 1 is 1.31 bits per heavy atom. The third kappa shape index (κ3) is 6.48. The summed E-state index contributed by atoms with van der Waals surface area (Å²) in [6, 6.07) is 8.19. The molecule has 0 bridgehead atoms. The molecular formula is C22H26N3O5PS. The lowest BCUT2D eigenvalue weighted by Gasteiger charge is -2.30. The van der Waals surface area contributed by atoms with Crippen LogP contribution in [0.4, 0.5) is 0 Å². The van der Waals surface area contributed by atoms with Crippen molar-refractivity contribution >= 4 is 49.6 Å². The standard InChI is InChI=1S/C22H26N3O5PS/c1-4-9-25(12-18(26)27)21(29)22(2,3)11-14-6-8-17(32-14)20(28)30-15-7-5-13(19(23)24)10-16(15)31/h4-8,10H,1,9,11-12,31H2,2-3H3,(H3,23,24)(H,26,27). The molecule has 0 aliphatic heterocycles. The zero-order chi connectivity index (χ0) is 24.1. The molecule has 1 unspecified atom stereocenters. The van der Waals surface area contributed by atoms with Gasteiger partial charge in [0.05, 0.1) is 0 Å². The zero-order valence-electron chi connectivity index (χ0n) is 17.9. The van der Waals surface area contributed by atoms with E-state index in [2.05, 4.69) is 15.8 Å². The molecule has 4 N–H and O–H groups in total. The fraction of sp³-hybridized carbons (Fsp3) is 0.273. The number of benzene rings is 1. The largest absolute Gasteiger partial charge is 0.480 e. The number of nitrogen functional groups attached to an aromatic ring is 1. The van der Waals surface area contributed by atoms with Gasteiger partial charge in [0.25, 0.3) is 0 Å². The summed E-state index contributed by atoms with van der Waals surface area (Å²) in [6.07, 6.45) is 1.82. The first-order chi connectivity index (χ1) is 14.9. The lowest BCUT2D eigenvalue weighted by Crippen LogP contribution is -2.44. The number of thiophene rings is 1. The molecule has 0 radical (unpaired) electrons. The number of aliphatic carboxylic acids is 1. The summed E-state index contributed by atoms with van der Waals surface area (Å²) >= 11 is 1.21. The van der Waals surface area contributed by atoms with E-state index in [4.69, 9.17) is 21.0 Å². The molecule has 0 spiro atoms. The Morgan fingerprint density at radius 3 is 2.56 bits per heavy atom. The van der Waals surface area contributed by atoms with E-state index in [0.717, 1.165) is 4.88 Å². The second-order valence-corrected chi connectivity index (χ2v) is 9.54. The average molecular weight is 476 g/mol. The number of carboxylic acids is 1. The molecule has 1 aromatic carbocycles. The van der Waals surface area contributed by atoms with Crippen molar-refractivity contribution in [1.29, 1.82) is 5.41 Å². The predicted octanol–water partition coefficient (Wildman–Crippen LogP) is 2.42. The normalized spacial score (nSPS) is 11.0. The van der Waals surface area contributed by atoms with Crippen molar-refractivity contribution < 1.29 is 24.2 Å². The van der Waals surface area contributed by atoms with E-state index in [1.165, 1.54) is 22.3 Å². The second kappa shape index (κ2) is 10.5. The van der Waals surface area contributed by atoms with Gasteiger partial charge in [0.15, 0.2) is 0 Å². The van der Waals surface area contributed by atoms with Crippen LogP contribution >= 0.6 is 20.6 Å². The second-order valence-electron chi connectivity index (χ2n) is 7.75. The van der Waals surface area contributed by atoms with Crippen LogP contribution in [-0.4, -0.2) is 46.8 Å². The van der Waals surface area contributed by atoms with Gasteiger partial charge >= 0.3 is 11.9 Å². The van der Waals surface area contributed by atoms with Gasteiger partial charge in [-0.25, -0.2) is 4.79 Å². The third-order valence-electron chi connectivity index (χ3n) is 4.54. The molecule has 0 fully saturated rings. The molecule has 2 aromatic rings. The molecule has 10 heteroatoms. The van der Waals surface area contributed by atoms with Crippen LogP contribution in [0, 0.1) is 10.8 Å². The fourth-order valence-electron chi connectivity index (χ4n) is 3.02. The lowest BCUT2D eigenvalue weighted by atomic mass is 9.87. The van der Waals surface area contributed by atoms with E-state index >= 15 is 0 Å². The highest BCUT2D eigenvalue weighted by molar-refractivity contribution is 7.27. The van der Waals surface area contributed by atoms with Crippen molar-refractivity contribution in [2.24, 2.45) is 11.1 Å².